The molecule has 0 spiro atoms. The Morgan fingerprint density at radius 2 is 1.85 bits per heavy atom. The molecule has 0 fully saturated rings. The zero-order valence-corrected chi connectivity index (χ0v) is 25.7. The van der Waals surface area contributed by atoms with Crippen LogP contribution in [0.25, 0.3) is 0 Å². The van der Waals surface area contributed by atoms with Gasteiger partial charge in [0.15, 0.2) is 0 Å². The predicted octanol–water partition coefficient (Wildman–Crippen LogP) is 6.58. The fraction of sp³-hybridized carbons (Fsp3) is 0.452. The number of pyridine rings is 2. The van der Waals surface area contributed by atoms with Crippen molar-refractivity contribution in [3.8, 4) is 0 Å². The van der Waals surface area contributed by atoms with Crippen molar-refractivity contribution in [2.24, 2.45) is 5.73 Å². The molecule has 2 atom stereocenters. The highest BCUT2D eigenvalue weighted by Crippen LogP contribution is 2.34. The van der Waals surface area contributed by atoms with Crippen molar-refractivity contribution in [3.05, 3.63) is 89.2 Å². The predicted molar refractivity (Wildman–Crippen MR) is 168 cm³/mol. The number of halogens is 1. The molecule has 8 heteroatoms. The molecule has 0 saturated carbocycles. The number of aromatic nitrogens is 2. The van der Waals surface area contributed by atoms with E-state index in [2.05, 4.69) is 46.6 Å². The molecule has 0 bridgehead atoms. The van der Waals surface area contributed by atoms with Gasteiger partial charge in [0, 0.05) is 41.4 Å². The first-order valence-corrected chi connectivity index (χ1v) is 15.7. The molecule has 0 saturated heterocycles. The lowest BCUT2D eigenvalue weighted by molar-refractivity contribution is 0.214. The molecule has 0 radical (unpaired) electrons. The number of unbranched alkanes of at least 4 members (excludes halogenated alkanes) is 1. The van der Waals surface area contributed by atoms with Crippen molar-refractivity contribution in [2.45, 2.75) is 72.5 Å². The summed E-state index contributed by atoms with van der Waals surface area (Å²) in [4.78, 5) is 8.66. The van der Waals surface area contributed by atoms with Crippen LogP contribution in [0.2, 0.25) is 0 Å². The van der Waals surface area contributed by atoms with Gasteiger partial charge in [0.05, 0.1) is 11.7 Å². The summed E-state index contributed by atoms with van der Waals surface area (Å²) in [5, 5.41) is 6.70. The average Bonchev–Trinajstić information content (AvgIpc) is 2.85. The number of nitrogens with zero attached hydrogens (tertiary/aromatic N) is 2. The van der Waals surface area contributed by atoms with E-state index in [-0.39, 0.29) is 6.04 Å². The quantitative estimate of drug-likeness (QED) is 0.238. The van der Waals surface area contributed by atoms with E-state index in [9.17, 15) is 8.60 Å². The maximum Gasteiger partial charge on any atom is 0.147 e. The summed E-state index contributed by atoms with van der Waals surface area (Å²) in [5.74, 6) is 4.99. The summed E-state index contributed by atoms with van der Waals surface area (Å²) in [5.41, 5.74) is 10.1. The average molecular weight is 558 g/mol. The first-order valence-electron chi connectivity index (χ1n) is 13.4. The largest absolute Gasteiger partial charge is 0.378 e. The molecule has 1 aliphatic heterocycles. The zero-order valence-electron chi connectivity index (χ0n) is 24.9. The first-order chi connectivity index (χ1) is 18.2. The van der Waals surface area contributed by atoms with Gasteiger partial charge in [-0.05, 0) is 92.2 Å². The van der Waals surface area contributed by atoms with E-state index >= 15 is 0 Å². The van der Waals surface area contributed by atoms with Crippen LogP contribution in [0.15, 0.2) is 72.4 Å². The van der Waals surface area contributed by atoms with Crippen LogP contribution in [0, 0.1) is 6.92 Å². The third-order valence-corrected chi connectivity index (χ3v) is 7.06. The van der Waals surface area contributed by atoms with Gasteiger partial charge in [0.25, 0.3) is 0 Å². The summed E-state index contributed by atoms with van der Waals surface area (Å²) < 4.78 is 24.9. The van der Waals surface area contributed by atoms with E-state index < -0.39 is 15.2 Å². The van der Waals surface area contributed by atoms with Crippen molar-refractivity contribution in [3.63, 3.8) is 0 Å². The van der Waals surface area contributed by atoms with Crippen LogP contribution in [0.1, 0.15) is 76.7 Å². The van der Waals surface area contributed by atoms with E-state index in [0.717, 1.165) is 53.2 Å². The lowest BCUT2D eigenvalue weighted by atomic mass is 9.90. The van der Waals surface area contributed by atoms with Crippen molar-refractivity contribution in [1.82, 2.24) is 15.3 Å². The number of hydrogen-bond acceptors (Lipinski definition) is 6. The number of aryl methyl sites for hydroxylation is 1. The second-order valence-corrected chi connectivity index (χ2v) is 13.0. The van der Waals surface area contributed by atoms with Gasteiger partial charge in [-0.1, -0.05) is 44.7 Å². The number of nitrogens with two attached hydrogens (primary N) is 1. The van der Waals surface area contributed by atoms with E-state index in [1.165, 1.54) is 19.4 Å². The molecule has 216 valence electrons. The van der Waals surface area contributed by atoms with Crippen LogP contribution in [0.5, 0.6) is 0 Å². The smallest absolute Gasteiger partial charge is 0.147 e. The topological polar surface area (TPSA) is 92.9 Å². The Balaban J connectivity index is 0.000000589. The molecule has 3 heterocycles. The van der Waals surface area contributed by atoms with Gasteiger partial charge in [0.2, 0.25) is 0 Å². The lowest BCUT2D eigenvalue weighted by Crippen LogP contribution is -2.28. The van der Waals surface area contributed by atoms with Crippen LogP contribution >= 0.6 is 0 Å². The number of alkyl halides is 1. The Hall–Kier alpha value is -2.97. The molecule has 3 rings (SSSR count). The Morgan fingerprint density at radius 3 is 2.31 bits per heavy atom. The zero-order chi connectivity index (χ0) is 29.8. The van der Waals surface area contributed by atoms with Crippen LogP contribution in [0.3, 0.4) is 0 Å². The van der Waals surface area contributed by atoms with Crippen molar-refractivity contribution in [2.75, 3.05) is 23.9 Å². The third kappa shape index (κ3) is 11.8. The second kappa shape index (κ2) is 15.6. The number of rotatable bonds is 9. The number of hydrogen-bond donors (Lipinski definition) is 3. The maximum absolute atomic E-state index is 14.0. The summed E-state index contributed by atoms with van der Waals surface area (Å²) in [6.45, 7) is 20.1. The summed E-state index contributed by atoms with van der Waals surface area (Å²) in [7, 11) is -1.75. The highest BCUT2D eigenvalue weighted by molar-refractivity contribution is 7.99. The van der Waals surface area contributed by atoms with Gasteiger partial charge >= 0.3 is 0 Å². The van der Waals surface area contributed by atoms with Gasteiger partial charge in [0.1, 0.15) is 11.5 Å². The minimum absolute atomic E-state index is 0.0471. The summed E-state index contributed by atoms with van der Waals surface area (Å²) >= 11 is 0. The van der Waals surface area contributed by atoms with Gasteiger partial charge in [-0.2, -0.15) is 0 Å². The molecule has 2 aromatic heterocycles. The summed E-state index contributed by atoms with van der Waals surface area (Å²) in [6.07, 6.45) is 7.93. The molecule has 2 unspecified atom stereocenters. The van der Waals surface area contributed by atoms with E-state index in [1.807, 2.05) is 45.2 Å². The van der Waals surface area contributed by atoms with Crippen LogP contribution in [-0.2, 0) is 15.2 Å². The molecule has 0 aromatic carbocycles. The molecule has 2 aromatic rings. The molecule has 4 N–H and O–H groups in total. The molecule has 6 nitrogen and oxygen atoms in total. The fourth-order valence-electron chi connectivity index (χ4n) is 3.91. The van der Waals surface area contributed by atoms with Crippen molar-refractivity contribution >= 4 is 21.2 Å². The minimum Gasteiger partial charge on any atom is -0.378 e. The first kappa shape index (κ1) is 34.1. The Kier molecular flexibility index (Phi) is 13.6. The van der Waals surface area contributed by atoms with Crippen molar-refractivity contribution in [1.29, 1.82) is 0 Å². The van der Waals surface area contributed by atoms with Crippen LogP contribution in [-0.4, -0.2) is 38.6 Å². The molecule has 0 aliphatic carbocycles. The maximum atomic E-state index is 14.0. The fourth-order valence-corrected chi connectivity index (χ4v) is 4.73. The Morgan fingerprint density at radius 1 is 1.18 bits per heavy atom. The van der Waals surface area contributed by atoms with Gasteiger partial charge < -0.3 is 16.4 Å². The molecular formula is C31H48FN5OS. The van der Waals surface area contributed by atoms with E-state index in [0.29, 0.717) is 18.0 Å². The standard InChI is InChI=1S/C23H27FN4.C6H15NOS.C2H6/c1-14-7-10-21(26-12-14)28-17(4)22-15(2)11-19(27-16(22)3)18-8-9-20(25-13-18)23(5,6)24;1-9(2,8)6-4-3-5-7;1-2/h7-10,12-13,19,27H,3-4,11H2,1-2,5-6H3,(H,26,28);1,3-7H2,2H3;1-2H3. The molecule has 1 aliphatic rings. The number of anilines is 1. The SMILES string of the molecule is C=C(Nc1ccc(C)cn1)C1=C(C)CC(c2ccc(C(C)(C)F)nc2)NC1=C.C=S(C)(=O)CCCCN.CC. The van der Waals surface area contributed by atoms with Crippen LogP contribution < -0.4 is 16.4 Å². The van der Waals surface area contributed by atoms with Gasteiger partial charge in [-0.15, -0.1) is 0 Å². The Labute approximate surface area is 236 Å². The monoisotopic (exact) mass is 557 g/mol. The number of nitrogens with one attached hydrogen (secondary N) is 2. The highest BCUT2D eigenvalue weighted by Gasteiger charge is 2.25. The second-order valence-electron chi connectivity index (χ2n) is 10.2. The molecule has 0 amide bonds. The molecule has 39 heavy (non-hydrogen) atoms. The van der Waals surface area contributed by atoms with E-state index in [1.54, 1.807) is 18.5 Å². The highest BCUT2D eigenvalue weighted by atomic mass is 32.2. The van der Waals surface area contributed by atoms with Gasteiger partial charge in [-0.25, -0.2) is 9.37 Å². The Bertz CT molecular complexity index is 1210. The lowest BCUT2D eigenvalue weighted by Gasteiger charge is -2.31. The normalized spacial score (nSPS) is 16.5. The minimum atomic E-state index is -1.75. The van der Waals surface area contributed by atoms with Crippen LogP contribution in [0.4, 0.5) is 10.2 Å². The summed E-state index contributed by atoms with van der Waals surface area (Å²) in [6, 6.07) is 7.65. The third-order valence-electron chi connectivity index (χ3n) is 5.91. The van der Waals surface area contributed by atoms with Gasteiger partial charge in [-0.3, -0.25) is 9.19 Å². The van der Waals surface area contributed by atoms with E-state index in [4.69, 9.17) is 5.73 Å². The molecular weight excluding hydrogens is 509 g/mol. The van der Waals surface area contributed by atoms with Crippen molar-refractivity contribution < 1.29 is 8.60 Å².